The van der Waals surface area contributed by atoms with Gasteiger partial charge in [-0.15, -0.1) is 0 Å². The van der Waals surface area contributed by atoms with Crippen LogP contribution in [0, 0.1) is 6.92 Å². The predicted octanol–water partition coefficient (Wildman–Crippen LogP) is 3.27. The van der Waals surface area contributed by atoms with E-state index in [1.165, 1.54) is 0 Å². The monoisotopic (exact) mass is 310 g/mol. The van der Waals surface area contributed by atoms with Gasteiger partial charge in [0.25, 0.3) is 0 Å². The van der Waals surface area contributed by atoms with Crippen molar-refractivity contribution in [3.63, 3.8) is 0 Å². The van der Waals surface area contributed by atoms with Gasteiger partial charge >= 0.3 is 0 Å². The van der Waals surface area contributed by atoms with Crippen LogP contribution in [-0.2, 0) is 6.54 Å². The molecule has 0 spiro atoms. The van der Waals surface area contributed by atoms with Gasteiger partial charge in [-0.1, -0.05) is 13.8 Å². The molecule has 0 fully saturated rings. The molecule has 2 aromatic rings. The largest absolute Gasteiger partial charge is 0.444 e. The summed E-state index contributed by atoms with van der Waals surface area (Å²) < 4.78 is 6.16. The van der Waals surface area contributed by atoms with Gasteiger partial charge in [0.1, 0.15) is 22.0 Å². The standard InChI is InChI=1S/C12H15BrN4O/c1-7(2)12-16-9(13)4-10(17-12)14-6-11-15-5-8(3)18-11/h4-5,7H,6H2,1-3H3,(H,14,16,17). The van der Waals surface area contributed by atoms with Crippen LogP contribution in [0.5, 0.6) is 0 Å². The average molecular weight is 311 g/mol. The number of nitrogens with one attached hydrogen (secondary N) is 1. The van der Waals surface area contributed by atoms with Crippen LogP contribution in [0.25, 0.3) is 0 Å². The lowest BCUT2D eigenvalue weighted by Crippen LogP contribution is -2.05. The third kappa shape index (κ3) is 3.29. The SMILES string of the molecule is Cc1cnc(CNc2cc(Br)nc(C(C)C)n2)o1. The number of halogens is 1. The van der Waals surface area contributed by atoms with Crippen molar-refractivity contribution < 1.29 is 4.42 Å². The molecule has 0 saturated carbocycles. The van der Waals surface area contributed by atoms with Crippen LogP contribution < -0.4 is 5.32 Å². The summed E-state index contributed by atoms with van der Waals surface area (Å²) in [4.78, 5) is 12.9. The minimum absolute atomic E-state index is 0.284. The summed E-state index contributed by atoms with van der Waals surface area (Å²) in [6, 6.07) is 1.83. The van der Waals surface area contributed by atoms with Gasteiger partial charge in [0.2, 0.25) is 5.89 Å². The minimum Gasteiger partial charge on any atom is -0.444 e. The van der Waals surface area contributed by atoms with E-state index < -0.39 is 0 Å². The Morgan fingerprint density at radius 1 is 1.39 bits per heavy atom. The van der Waals surface area contributed by atoms with Crippen molar-refractivity contribution in [2.75, 3.05) is 5.32 Å². The highest BCUT2D eigenvalue weighted by Gasteiger charge is 2.07. The lowest BCUT2D eigenvalue weighted by molar-refractivity contribution is 0.478. The zero-order valence-electron chi connectivity index (χ0n) is 10.6. The van der Waals surface area contributed by atoms with E-state index >= 15 is 0 Å². The van der Waals surface area contributed by atoms with Crippen molar-refractivity contribution in [2.45, 2.75) is 33.2 Å². The van der Waals surface area contributed by atoms with Gasteiger partial charge in [0.15, 0.2) is 0 Å². The average Bonchev–Trinajstić information content (AvgIpc) is 2.72. The Bertz CT molecular complexity index is 539. The van der Waals surface area contributed by atoms with Crippen molar-refractivity contribution in [1.82, 2.24) is 15.0 Å². The molecule has 0 bridgehead atoms. The first-order valence-corrected chi connectivity index (χ1v) is 6.53. The van der Waals surface area contributed by atoms with Gasteiger partial charge in [-0.3, -0.25) is 0 Å². The van der Waals surface area contributed by atoms with E-state index in [0.717, 1.165) is 22.0 Å². The number of rotatable bonds is 4. The van der Waals surface area contributed by atoms with E-state index in [-0.39, 0.29) is 5.92 Å². The fourth-order valence-corrected chi connectivity index (χ4v) is 1.83. The number of hydrogen-bond acceptors (Lipinski definition) is 5. The molecule has 96 valence electrons. The normalized spacial score (nSPS) is 10.9. The summed E-state index contributed by atoms with van der Waals surface area (Å²) in [5.41, 5.74) is 0. The Morgan fingerprint density at radius 2 is 2.17 bits per heavy atom. The Kier molecular flexibility index (Phi) is 3.96. The molecule has 0 radical (unpaired) electrons. The smallest absolute Gasteiger partial charge is 0.213 e. The highest BCUT2D eigenvalue weighted by molar-refractivity contribution is 9.10. The second-order valence-corrected chi connectivity index (χ2v) is 5.12. The maximum absolute atomic E-state index is 5.38. The van der Waals surface area contributed by atoms with Crippen LogP contribution in [0.4, 0.5) is 5.82 Å². The first kappa shape index (κ1) is 13.0. The number of aryl methyl sites for hydroxylation is 1. The molecule has 1 N–H and O–H groups in total. The quantitative estimate of drug-likeness (QED) is 0.878. The number of aromatic nitrogens is 3. The molecule has 2 heterocycles. The number of anilines is 1. The molecule has 0 amide bonds. The molecule has 5 nitrogen and oxygen atoms in total. The first-order chi connectivity index (χ1) is 8.54. The van der Waals surface area contributed by atoms with Gasteiger partial charge < -0.3 is 9.73 Å². The maximum atomic E-state index is 5.38. The summed E-state index contributed by atoms with van der Waals surface area (Å²) in [7, 11) is 0. The zero-order valence-corrected chi connectivity index (χ0v) is 12.2. The Hall–Kier alpha value is -1.43. The Balaban J connectivity index is 2.09. The molecule has 2 rings (SSSR count). The number of hydrogen-bond donors (Lipinski definition) is 1. The second kappa shape index (κ2) is 5.48. The van der Waals surface area contributed by atoms with Gasteiger partial charge in [0.05, 0.1) is 12.7 Å². The third-order valence-electron chi connectivity index (χ3n) is 2.32. The van der Waals surface area contributed by atoms with E-state index in [0.29, 0.717) is 12.4 Å². The topological polar surface area (TPSA) is 63.8 Å². The molecule has 0 aromatic carbocycles. The minimum atomic E-state index is 0.284. The zero-order chi connectivity index (χ0) is 13.1. The van der Waals surface area contributed by atoms with E-state index in [1.807, 2.05) is 13.0 Å². The highest BCUT2D eigenvalue weighted by Crippen LogP contribution is 2.17. The summed E-state index contributed by atoms with van der Waals surface area (Å²) in [6.45, 7) is 6.50. The van der Waals surface area contributed by atoms with Crippen molar-refractivity contribution in [2.24, 2.45) is 0 Å². The lowest BCUT2D eigenvalue weighted by atomic mass is 10.2. The van der Waals surface area contributed by atoms with E-state index in [2.05, 4.69) is 50.0 Å². The lowest BCUT2D eigenvalue weighted by Gasteiger charge is -2.08. The van der Waals surface area contributed by atoms with Crippen LogP contribution in [0.15, 0.2) is 21.3 Å². The molecule has 0 aliphatic rings. The molecule has 18 heavy (non-hydrogen) atoms. The number of nitrogens with zero attached hydrogens (tertiary/aromatic N) is 3. The van der Waals surface area contributed by atoms with Crippen LogP contribution in [0.2, 0.25) is 0 Å². The molecular formula is C12H15BrN4O. The van der Waals surface area contributed by atoms with Crippen molar-refractivity contribution in [3.05, 3.63) is 34.3 Å². The summed E-state index contributed by atoms with van der Waals surface area (Å²) >= 11 is 3.38. The van der Waals surface area contributed by atoms with Crippen LogP contribution in [-0.4, -0.2) is 15.0 Å². The van der Waals surface area contributed by atoms with Gasteiger partial charge in [-0.05, 0) is 22.9 Å². The van der Waals surface area contributed by atoms with Crippen molar-refractivity contribution in [3.8, 4) is 0 Å². The molecule has 0 aliphatic carbocycles. The van der Waals surface area contributed by atoms with Crippen LogP contribution >= 0.6 is 15.9 Å². The van der Waals surface area contributed by atoms with Crippen LogP contribution in [0.1, 0.15) is 37.2 Å². The first-order valence-electron chi connectivity index (χ1n) is 5.74. The van der Waals surface area contributed by atoms with E-state index in [1.54, 1.807) is 6.20 Å². The second-order valence-electron chi connectivity index (χ2n) is 4.31. The summed E-state index contributed by atoms with van der Waals surface area (Å²) in [5.74, 6) is 3.30. The van der Waals surface area contributed by atoms with Crippen molar-refractivity contribution in [1.29, 1.82) is 0 Å². The van der Waals surface area contributed by atoms with E-state index in [9.17, 15) is 0 Å². The Labute approximate surface area is 114 Å². The fourth-order valence-electron chi connectivity index (χ4n) is 1.43. The van der Waals surface area contributed by atoms with Gasteiger partial charge in [-0.2, -0.15) is 0 Å². The molecule has 0 aliphatic heterocycles. The number of oxazole rings is 1. The summed E-state index contributed by atoms with van der Waals surface area (Å²) in [6.07, 6.45) is 1.70. The van der Waals surface area contributed by atoms with Crippen LogP contribution in [0.3, 0.4) is 0 Å². The molecular weight excluding hydrogens is 296 g/mol. The molecule has 0 saturated heterocycles. The van der Waals surface area contributed by atoms with Gasteiger partial charge in [-0.25, -0.2) is 15.0 Å². The maximum Gasteiger partial charge on any atom is 0.213 e. The summed E-state index contributed by atoms with van der Waals surface area (Å²) in [5, 5.41) is 3.17. The van der Waals surface area contributed by atoms with Crippen molar-refractivity contribution >= 4 is 21.7 Å². The molecule has 6 heteroatoms. The fraction of sp³-hybridized carbons (Fsp3) is 0.417. The molecule has 2 aromatic heterocycles. The van der Waals surface area contributed by atoms with Gasteiger partial charge in [0, 0.05) is 12.0 Å². The Morgan fingerprint density at radius 3 is 2.78 bits per heavy atom. The third-order valence-corrected chi connectivity index (χ3v) is 2.72. The van der Waals surface area contributed by atoms with E-state index in [4.69, 9.17) is 4.42 Å². The molecule has 0 unspecified atom stereocenters. The molecule has 0 atom stereocenters. The predicted molar refractivity (Wildman–Crippen MR) is 72.4 cm³/mol. The highest BCUT2D eigenvalue weighted by atomic mass is 79.9.